The van der Waals surface area contributed by atoms with Gasteiger partial charge in [0.25, 0.3) is 5.91 Å². The summed E-state index contributed by atoms with van der Waals surface area (Å²) in [4.78, 5) is 52.4. The number of benzene rings is 3. The van der Waals surface area contributed by atoms with Gasteiger partial charge in [0, 0.05) is 18.0 Å². The molecule has 0 saturated carbocycles. The zero-order valence-electron chi connectivity index (χ0n) is 24.7. The molecule has 232 valence electrons. The van der Waals surface area contributed by atoms with Crippen LogP contribution in [0.4, 0.5) is 10.6 Å². The summed E-state index contributed by atoms with van der Waals surface area (Å²) in [6, 6.07) is 24.3. The number of hydrogen-bond donors (Lipinski definition) is 2. The van der Waals surface area contributed by atoms with E-state index in [-0.39, 0.29) is 43.4 Å². The van der Waals surface area contributed by atoms with E-state index in [1.54, 1.807) is 35.5 Å². The van der Waals surface area contributed by atoms with E-state index in [0.29, 0.717) is 23.1 Å². The molecule has 12 heteroatoms. The second-order valence-corrected chi connectivity index (χ2v) is 11.3. The predicted molar refractivity (Wildman–Crippen MR) is 167 cm³/mol. The van der Waals surface area contributed by atoms with Crippen molar-refractivity contribution in [1.82, 2.24) is 24.4 Å². The molecule has 5 aromatic rings. The zero-order chi connectivity index (χ0) is 31.6. The smallest absolute Gasteiger partial charge is 0.410 e. The summed E-state index contributed by atoms with van der Waals surface area (Å²) in [5, 5.41) is 11.9. The SMILES string of the molecule is O=C(O)COC[C@@H]1C[C@@H](n2cnc3c(NC(=O)c4ccccc4)ncnc32)CN1C(=O)OCC1c2ccccc2-c2ccccc21. The molecule has 7 rings (SSSR count). The van der Waals surface area contributed by atoms with Gasteiger partial charge in [-0.1, -0.05) is 66.7 Å². The van der Waals surface area contributed by atoms with Gasteiger partial charge in [0.05, 0.1) is 25.0 Å². The first-order valence-electron chi connectivity index (χ1n) is 14.9. The van der Waals surface area contributed by atoms with Crippen molar-refractivity contribution in [3.8, 4) is 11.1 Å². The van der Waals surface area contributed by atoms with Crippen LogP contribution in [-0.4, -0.2) is 79.9 Å². The van der Waals surface area contributed by atoms with E-state index < -0.39 is 24.7 Å². The highest BCUT2D eigenvalue weighted by Gasteiger charge is 2.39. The first-order valence-corrected chi connectivity index (χ1v) is 14.9. The molecule has 2 amide bonds. The maximum Gasteiger partial charge on any atom is 0.410 e. The van der Waals surface area contributed by atoms with Gasteiger partial charge in [-0.3, -0.25) is 4.79 Å². The van der Waals surface area contributed by atoms with Crippen LogP contribution in [0.15, 0.2) is 91.5 Å². The van der Waals surface area contributed by atoms with Crippen LogP contribution in [0.3, 0.4) is 0 Å². The molecule has 2 aromatic heterocycles. The lowest BCUT2D eigenvalue weighted by molar-refractivity contribution is -0.142. The lowest BCUT2D eigenvalue weighted by Crippen LogP contribution is -2.39. The number of amides is 2. The van der Waals surface area contributed by atoms with Crippen LogP contribution in [-0.2, 0) is 14.3 Å². The molecule has 1 fully saturated rings. The highest BCUT2D eigenvalue weighted by Crippen LogP contribution is 2.44. The van der Waals surface area contributed by atoms with Gasteiger partial charge in [0.2, 0.25) is 0 Å². The monoisotopic (exact) mass is 618 g/mol. The number of aromatic nitrogens is 4. The van der Waals surface area contributed by atoms with Crippen molar-refractivity contribution in [2.75, 3.05) is 31.7 Å². The van der Waals surface area contributed by atoms with Crippen molar-refractivity contribution in [3.05, 3.63) is 108 Å². The molecule has 1 aliphatic heterocycles. The van der Waals surface area contributed by atoms with E-state index in [0.717, 1.165) is 22.3 Å². The summed E-state index contributed by atoms with van der Waals surface area (Å²) in [5.74, 6) is -1.25. The fraction of sp³-hybridized carbons (Fsp3) is 0.235. The van der Waals surface area contributed by atoms with Crippen LogP contribution < -0.4 is 5.32 Å². The van der Waals surface area contributed by atoms with Gasteiger partial charge in [-0.05, 0) is 40.8 Å². The lowest BCUT2D eigenvalue weighted by atomic mass is 9.98. The Morgan fingerprint density at radius 3 is 2.28 bits per heavy atom. The molecule has 0 bridgehead atoms. The minimum absolute atomic E-state index is 0.0208. The van der Waals surface area contributed by atoms with Crippen molar-refractivity contribution < 1.29 is 29.0 Å². The molecule has 3 heterocycles. The van der Waals surface area contributed by atoms with Crippen LogP contribution in [0.2, 0.25) is 0 Å². The normalized spacial score (nSPS) is 17.1. The third-order valence-corrected chi connectivity index (χ3v) is 8.52. The number of hydrogen-bond acceptors (Lipinski definition) is 8. The average Bonchev–Trinajstić information content (AvgIpc) is 3.78. The zero-order valence-corrected chi connectivity index (χ0v) is 24.7. The number of rotatable bonds is 9. The number of ether oxygens (including phenoxy) is 2. The number of anilines is 1. The number of carboxylic acid groups (broad SMARTS) is 1. The Hall–Kier alpha value is -5.62. The first-order chi connectivity index (χ1) is 22.5. The van der Waals surface area contributed by atoms with E-state index in [1.807, 2.05) is 34.9 Å². The minimum atomic E-state index is -1.09. The van der Waals surface area contributed by atoms with Crippen LogP contribution in [0.1, 0.15) is 39.9 Å². The molecular weight excluding hydrogens is 588 g/mol. The molecular formula is C34H30N6O6. The molecule has 12 nitrogen and oxygen atoms in total. The Kier molecular flexibility index (Phi) is 7.85. The summed E-state index contributed by atoms with van der Waals surface area (Å²) in [5.41, 5.74) is 5.86. The number of aliphatic carboxylic acids is 1. The van der Waals surface area contributed by atoms with Crippen molar-refractivity contribution in [3.63, 3.8) is 0 Å². The standard InChI is InChI=1S/C34H30N6O6/c41-29(42)18-45-16-23-14-22(40-20-37-30-31(35-19-36-32(30)40)38-33(43)21-8-2-1-3-9-21)15-39(23)34(44)46-17-28-26-12-6-4-10-24(26)25-11-5-7-13-27(25)28/h1-13,19-20,22-23,28H,14-18H2,(H,41,42)(H,35,36,38,43)/t22-,23+/m1/s1. The maximum absolute atomic E-state index is 13.7. The highest BCUT2D eigenvalue weighted by atomic mass is 16.6. The fourth-order valence-electron chi connectivity index (χ4n) is 6.41. The largest absolute Gasteiger partial charge is 0.480 e. The van der Waals surface area contributed by atoms with Gasteiger partial charge in [0.1, 0.15) is 19.5 Å². The summed E-state index contributed by atoms with van der Waals surface area (Å²) in [6.07, 6.45) is 2.90. The molecule has 0 spiro atoms. The summed E-state index contributed by atoms with van der Waals surface area (Å²) < 4.78 is 13.2. The Balaban J connectivity index is 1.10. The molecule has 46 heavy (non-hydrogen) atoms. The van der Waals surface area contributed by atoms with E-state index in [9.17, 15) is 14.4 Å². The van der Waals surface area contributed by atoms with Crippen molar-refractivity contribution in [1.29, 1.82) is 0 Å². The average molecular weight is 619 g/mol. The number of carbonyl (C=O) groups is 3. The number of nitrogens with zero attached hydrogens (tertiary/aromatic N) is 5. The Morgan fingerprint density at radius 2 is 1.57 bits per heavy atom. The van der Waals surface area contributed by atoms with E-state index in [1.165, 1.54) is 6.33 Å². The quantitative estimate of drug-likeness (QED) is 0.239. The maximum atomic E-state index is 13.7. The summed E-state index contributed by atoms with van der Waals surface area (Å²) >= 11 is 0. The number of nitrogens with one attached hydrogen (secondary N) is 1. The number of carbonyl (C=O) groups excluding carboxylic acids is 2. The molecule has 1 saturated heterocycles. The van der Waals surface area contributed by atoms with Crippen LogP contribution in [0, 0.1) is 0 Å². The molecule has 2 N–H and O–H groups in total. The van der Waals surface area contributed by atoms with Gasteiger partial charge in [-0.15, -0.1) is 0 Å². The van der Waals surface area contributed by atoms with Crippen molar-refractivity contribution in [2.45, 2.75) is 24.4 Å². The van der Waals surface area contributed by atoms with Crippen LogP contribution >= 0.6 is 0 Å². The summed E-state index contributed by atoms with van der Waals surface area (Å²) in [7, 11) is 0. The minimum Gasteiger partial charge on any atom is -0.480 e. The highest BCUT2D eigenvalue weighted by molar-refractivity contribution is 6.06. The number of carboxylic acids is 1. The van der Waals surface area contributed by atoms with E-state index in [4.69, 9.17) is 14.6 Å². The van der Waals surface area contributed by atoms with Crippen LogP contribution in [0.5, 0.6) is 0 Å². The number of imidazole rings is 1. The van der Waals surface area contributed by atoms with Gasteiger partial charge in [-0.2, -0.15) is 0 Å². The van der Waals surface area contributed by atoms with Crippen molar-refractivity contribution in [2.24, 2.45) is 0 Å². The number of likely N-dealkylation sites (tertiary alicyclic amines) is 1. The van der Waals surface area contributed by atoms with Gasteiger partial charge in [-0.25, -0.2) is 24.5 Å². The van der Waals surface area contributed by atoms with E-state index >= 15 is 0 Å². The van der Waals surface area contributed by atoms with Gasteiger partial charge in [0.15, 0.2) is 17.0 Å². The third kappa shape index (κ3) is 5.54. The summed E-state index contributed by atoms with van der Waals surface area (Å²) in [6.45, 7) is -0.0419. The topological polar surface area (TPSA) is 149 Å². The second-order valence-electron chi connectivity index (χ2n) is 11.3. The molecule has 2 atom stereocenters. The Bertz CT molecular complexity index is 1880. The Morgan fingerprint density at radius 1 is 0.870 bits per heavy atom. The molecule has 0 unspecified atom stereocenters. The second kappa shape index (κ2) is 12.4. The lowest BCUT2D eigenvalue weighted by Gasteiger charge is -2.24. The first kappa shape index (κ1) is 29.1. The molecule has 2 aliphatic rings. The Labute approximate surface area is 263 Å². The van der Waals surface area contributed by atoms with Crippen LogP contribution in [0.25, 0.3) is 22.3 Å². The number of fused-ring (bicyclic) bond motifs is 4. The molecule has 0 radical (unpaired) electrons. The molecule has 1 aliphatic carbocycles. The third-order valence-electron chi connectivity index (χ3n) is 8.52. The van der Waals surface area contributed by atoms with E-state index in [2.05, 4.69) is 44.5 Å². The molecule has 3 aromatic carbocycles. The fourth-order valence-corrected chi connectivity index (χ4v) is 6.41. The van der Waals surface area contributed by atoms with Gasteiger partial charge < -0.3 is 29.4 Å². The van der Waals surface area contributed by atoms with Gasteiger partial charge >= 0.3 is 12.1 Å². The predicted octanol–water partition coefficient (Wildman–Crippen LogP) is 4.74. The van der Waals surface area contributed by atoms with Crippen molar-refractivity contribution >= 4 is 35.0 Å².